The van der Waals surface area contributed by atoms with Crippen LogP contribution < -0.4 is 10.6 Å². The number of halogens is 1. The Morgan fingerprint density at radius 1 is 1.09 bits per heavy atom. The van der Waals surface area contributed by atoms with Crippen LogP contribution in [0.2, 0.25) is 5.02 Å². The van der Waals surface area contributed by atoms with E-state index in [1.165, 1.54) is 0 Å². The summed E-state index contributed by atoms with van der Waals surface area (Å²) in [7, 11) is 1.75. The number of anilines is 1. The molecule has 0 spiro atoms. The lowest BCUT2D eigenvalue weighted by atomic mass is 10.1. The fourth-order valence-corrected chi connectivity index (χ4v) is 2.90. The molecule has 2 amide bonds. The summed E-state index contributed by atoms with van der Waals surface area (Å²) in [6.45, 7) is 0. The molecule has 23 heavy (non-hydrogen) atoms. The Morgan fingerprint density at radius 3 is 2.26 bits per heavy atom. The molecule has 0 heterocycles. The Kier molecular flexibility index (Phi) is 4.09. The van der Waals surface area contributed by atoms with E-state index < -0.39 is 5.91 Å². The van der Waals surface area contributed by atoms with Gasteiger partial charge in [-0.05, 0) is 54.3 Å². The molecule has 0 unspecified atom stereocenters. The number of nitrogens with zero attached hydrogens (tertiary/aromatic N) is 1. The van der Waals surface area contributed by atoms with Gasteiger partial charge < -0.3 is 10.6 Å². The Balaban J connectivity index is 1.69. The second-order valence-corrected chi connectivity index (χ2v) is 6.25. The van der Waals surface area contributed by atoms with Crippen LogP contribution >= 0.6 is 11.6 Å². The first kappa shape index (κ1) is 15.6. The van der Waals surface area contributed by atoms with Crippen molar-refractivity contribution in [1.29, 1.82) is 0 Å². The van der Waals surface area contributed by atoms with E-state index in [1.807, 2.05) is 24.3 Å². The predicted molar refractivity (Wildman–Crippen MR) is 90.7 cm³/mol. The van der Waals surface area contributed by atoms with Crippen molar-refractivity contribution in [2.24, 2.45) is 11.7 Å². The molecule has 2 N–H and O–H groups in total. The normalized spacial score (nSPS) is 19.2. The van der Waals surface area contributed by atoms with Gasteiger partial charge in [-0.2, -0.15) is 0 Å². The van der Waals surface area contributed by atoms with E-state index in [-0.39, 0.29) is 17.7 Å². The van der Waals surface area contributed by atoms with Crippen molar-refractivity contribution in [1.82, 2.24) is 0 Å². The Labute approximate surface area is 139 Å². The summed E-state index contributed by atoms with van der Waals surface area (Å²) in [5, 5.41) is 0.698. The van der Waals surface area contributed by atoms with E-state index in [1.54, 1.807) is 36.2 Å². The first-order chi connectivity index (χ1) is 11.0. The van der Waals surface area contributed by atoms with Gasteiger partial charge in [0.05, 0.1) is 0 Å². The van der Waals surface area contributed by atoms with E-state index in [2.05, 4.69) is 0 Å². The summed E-state index contributed by atoms with van der Waals surface area (Å²) in [5.41, 5.74) is 7.55. The van der Waals surface area contributed by atoms with E-state index in [9.17, 15) is 9.59 Å². The monoisotopic (exact) mass is 328 g/mol. The molecule has 3 rings (SSSR count). The first-order valence-corrected chi connectivity index (χ1v) is 7.78. The molecule has 2 aromatic carbocycles. The third-order valence-corrected chi connectivity index (χ3v) is 4.53. The number of amides is 2. The maximum absolute atomic E-state index is 12.6. The first-order valence-electron chi connectivity index (χ1n) is 7.40. The molecule has 118 valence electrons. The van der Waals surface area contributed by atoms with Gasteiger partial charge in [0, 0.05) is 29.2 Å². The molecular formula is C18H17ClN2O2. The average Bonchev–Trinajstić information content (AvgIpc) is 3.35. The minimum atomic E-state index is -0.476. The highest BCUT2D eigenvalue weighted by Crippen LogP contribution is 2.48. The molecule has 1 saturated carbocycles. The lowest BCUT2D eigenvalue weighted by molar-refractivity contribution is -0.119. The fourth-order valence-electron chi connectivity index (χ4n) is 2.77. The van der Waals surface area contributed by atoms with Gasteiger partial charge in [-0.15, -0.1) is 0 Å². The summed E-state index contributed by atoms with van der Waals surface area (Å²) >= 11 is 5.89. The molecule has 0 aromatic heterocycles. The summed E-state index contributed by atoms with van der Waals surface area (Å²) in [5.74, 6) is -0.142. The van der Waals surface area contributed by atoms with Crippen LogP contribution in [0.1, 0.15) is 28.3 Å². The van der Waals surface area contributed by atoms with Crippen molar-refractivity contribution < 1.29 is 9.59 Å². The molecule has 2 aromatic rings. The van der Waals surface area contributed by atoms with Gasteiger partial charge in [-0.1, -0.05) is 23.7 Å². The summed E-state index contributed by atoms with van der Waals surface area (Å²) in [6.07, 6.45) is 0.851. The number of hydrogen-bond acceptors (Lipinski definition) is 2. The van der Waals surface area contributed by atoms with Crippen LogP contribution in [-0.2, 0) is 4.79 Å². The van der Waals surface area contributed by atoms with Crippen LogP contribution in [0.4, 0.5) is 5.69 Å². The van der Waals surface area contributed by atoms with Crippen molar-refractivity contribution in [3.63, 3.8) is 0 Å². The zero-order valence-corrected chi connectivity index (χ0v) is 13.5. The predicted octanol–water partition coefficient (Wildman–Crippen LogP) is 3.21. The lowest BCUT2D eigenvalue weighted by Crippen LogP contribution is -2.28. The van der Waals surface area contributed by atoms with Crippen LogP contribution in [0, 0.1) is 5.92 Å². The van der Waals surface area contributed by atoms with Gasteiger partial charge in [0.15, 0.2) is 0 Å². The molecule has 1 fully saturated rings. The van der Waals surface area contributed by atoms with E-state index in [0.717, 1.165) is 17.7 Å². The lowest BCUT2D eigenvalue weighted by Gasteiger charge is -2.17. The van der Waals surface area contributed by atoms with Crippen molar-refractivity contribution in [2.45, 2.75) is 12.3 Å². The standard InChI is InChI=1S/C18H17ClN2O2/c1-21(14-8-4-12(5-9-14)17(20)22)18(23)16-10-15(16)11-2-6-13(19)7-3-11/h2-9,15-16H,10H2,1H3,(H2,20,22)/t15-,16+/m0/s1. The minimum absolute atomic E-state index is 0.00278. The van der Waals surface area contributed by atoms with Gasteiger partial charge in [-0.25, -0.2) is 0 Å². The van der Waals surface area contributed by atoms with Gasteiger partial charge in [0.2, 0.25) is 11.8 Å². The Hall–Kier alpha value is -2.33. The second-order valence-electron chi connectivity index (χ2n) is 5.81. The summed E-state index contributed by atoms with van der Waals surface area (Å²) in [4.78, 5) is 25.3. The average molecular weight is 329 g/mol. The van der Waals surface area contributed by atoms with Crippen LogP contribution in [0.25, 0.3) is 0 Å². The highest BCUT2D eigenvalue weighted by atomic mass is 35.5. The van der Waals surface area contributed by atoms with E-state index >= 15 is 0 Å². The molecule has 0 radical (unpaired) electrons. The van der Waals surface area contributed by atoms with Crippen LogP contribution in [-0.4, -0.2) is 18.9 Å². The summed E-state index contributed by atoms with van der Waals surface area (Å²) in [6, 6.07) is 14.4. The topological polar surface area (TPSA) is 63.4 Å². The number of carbonyl (C=O) groups is 2. The third-order valence-electron chi connectivity index (χ3n) is 4.28. The molecular weight excluding hydrogens is 312 g/mol. The molecule has 0 saturated heterocycles. The molecule has 5 heteroatoms. The maximum atomic E-state index is 12.6. The van der Waals surface area contributed by atoms with Gasteiger partial charge >= 0.3 is 0 Å². The maximum Gasteiger partial charge on any atom is 0.248 e. The third kappa shape index (κ3) is 3.22. The number of hydrogen-bond donors (Lipinski definition) is 1. The van der Waals surface area contributed by atoms with E-state index in [4.69, 9.17) is 17.3 Å². The van der Waals surface area contributed by atoms with Crippen molar-refractivity contribution >= 4 is 29.1 Å². The largest absolute Gasteiger partial charge is 0.366 e. The van der Waals surface area contributed by atoms with Crippen molar-refractivity contribution in [3.05, 3.63) is 64.7 Å². The number of primary amides is 1. The van der Waals surface area contributed by atoms with Crippen LogP contribution in [0.15, 0.2) is 48.5 Å². The Bertz CT molecular complexity index is 741. The molecule has 1 aliphatic carbocycles. The van der Waals surface area contributed by atoms with Gasteiger partial charge in [0.25, 0.3) is 0 Å². The molecule has 1 aliphatic rings. The quantitative estimate of drug-likeness (QED) is 0.936. The number of nitrogens with two attached hydrogens (primary N) is 1. The smallest absolute Gasteiger partial charge is 0.248 e. The second kappa shape index (κ2) is 6.05. The molecule has 0 bridgehead atoms. The zero-order valence-electron chi connectivity index (χ0n) is 12.7. The highest BCUT2D eigenvalue weighted by molar-refractivity contribution is 6.30. The SMILES string of the molecule is CN(C(=O)[C@@H]1C[C@H]1c1ccc(Cl)cc1)c1ccc(C(N)=O)cc1. The van der Waals surface area contributed by atoms with Gasteiger partial charge in [-0.3, -0.25) is 9.59 Å². The van der Waals surface area contributed by atoms with Crippen LogP contribution in [0.5, 0.6) is 0 Å². The van der Waals surface area contributed by atoms with E-state index in [0.29, 0.717) is 10.6 Å². The van der Waals surface area contributed by atoms with Crippen molar-refractivity contribution in [3.8, 4) is 0 Å². The van der Waals surface area contributed by atoms with Crippen LogP contribution in [0.3, 0.4) is 0 Å². The number of benzene rings is 2. The molecule has 4 nitrogen and oxygen atoms in total. The van der Waals surface area contributed by atoms with Crippen molar-refractivity contribution in [2.75, 3.05) is 11.9 Å². The number of rotatable bonds is 4. The van der Waals surface area contributed by atoms with Gasteiger partial charge in [0.1, 0.15) is 0 Å². The number of carbonyl (C=O) groups excluding carboxylic acids is 2. The fraction of sp³-hybridized carbons (Fsp3) is 0.222. The molecule has 0 aliphatic heterocycles. The minimum Gasteiger partial charge on any atom is -0.366 e. The highest BCUT2D eigenvalue weighted by Gasteiger charge is 2.45. The molecule has 2 atom stereocenters. The zero-order chi connectivity index (χ0) is 16.6. The summed E-state index contributed by atoms with van der Waals surface area (Å²) < 4.78 is 0. The Morgan fingerprint density at radius 2 is 1.70 bits per heavy atom.